The van der Waals surface area contributed by atoms with Crippen molar-refractivity contribution in [1.82, 2.24) is 14.9 Å². The first-order valence-corrected chi connectivity index (χ1v) is 8.95. The first-order chi connectivity index (χ1) is 11.8. The Morgan fingerprint density at radius 3 is 2.75 bits per heavy atom. The molecule has 0 unspecified atom stereocenters. The Morgan fingerprint density at radius 1 is 1.17 bits per heavy atom. The Kier molecular flexibility index (Phi) is 4.54. The number of piperazine rings is 1. The van der Waals surface area contributed by atoms with E-state index in [0.717, 1.165) is 37.8 Å². The summed E-state index contributed by atoms with van der Waals surface area (Å²) >= 11 is 6.12. The van der Waals surface area contributed by atoms with Gasteiger partial charge in [0.15, 0.2) is 5.82 Å². The minimum atomic E-state index is 0.525. The number of nitrogens with one attached hydrogen (secondary N) is 1. The molecular weight excluding hydrogens is 322 g/mol. The Bertz CT molecular complexity index is 695. The fourth-order valence-corrected chi connectivity index (χ4v) is 3.33. The van der Waals surface area contributed by atoms with E-state index in [2.05, 4.69) is 43.3 Å². The van der Waals surface area contributed by atoms with E-state index < -0.39 is 0 Å². The van der Waals surface area contributed by atoms with Crippen molar-refractivity contribution >= 4 is 28.8 Å². The number of anilines is 3. The quantitative estimate of drug-likeness (QED) is 0.901. The van der Waals surface area contributed by atoms with Crippen molar-refractivity contribution in [3.63, 3.8) is 0 Å². The highest BCUT2D eigenvalue weighted by atomic mass is 35.5. The molecule has 2 aromatic rings. The third-order valence-corrected chi connectivity index (χ3v) is 5.00. The standard InChI is InChI=1S/C18H22ClN5/c19-17-11-20-13-21-18(17)22-15-2-1-3-16(10-15)24-8-6-23(7-9-24)12-14-4-5-14/h1-3,10-11,13-14H,4-9,12H2,(H,20,21,22). The van der Waals surface area contributed by atoms with Gasteiger partial charge in [-0.25, -0.2) is 9.97 Å². The van der Waals surface area contributed by atoms with Gasteiger partial charge in [-0.3, -0.25) is 4.90 Å². The number of rotatable bonds is 5. The van der Waals surface area contributed by atoms with Crippen LogP contribution in [0.2, 0.25) is 5.02 Å². The third kappa shape index (κ3) is 3.79. The number of benzene rings is 1. The van der Waals surface area contributed by atoms with Gasteiger partial charge in [-0.05, 0) is 37.0 Å². The topological polar surface area (TPSA) is 44.3 Å². The molecule has 5 nitrogen and oxygen atoms in total. The minimum Gasteiger partial charge on any atom is -0.369 e. The highest BCUT2D eigenvalue weighted by molar-refractivity contribution is 6.32. The van der Waals surface area contributed by atoms with Gasteiger partial charge in [0.2, 0.25) is 0 Å². The zero-order valence-electron chi connectivity index (χ0n) is 13.7. The summed E-state index contributed by atoms with van der Waals surface area (Å²) < 4.78 is 0. The maximum Gasteiger partial charge on any atom is 0.152 e. The Balaban J connectivity index is 1.40. The van der Waals surface area contributed by atoms with Crippen LogP contribution in [0.5, 0.6) is 0 Å². The van der Waals surface area contributed by atoms with Gasteiger partial charge in [0.25, 0.3) is 0 Å². The molecule has 2 aliphatic rings. The molecule has 2 fully saturated rings. The van der Waals surface area contributed by atoms with Crippen molar-refractivity contribution in [1.29, 1.82) is 0 Å². The van der Waals surface area contributed by atoms with E-state index in [1.165, 1.54) is 31.4 Å². The minimum absolute atomic E-state index is 0.525. The largest absolute Gasteiger partial charge is 0.369 e. The van der Waals surface area contributed by atoms with Crippen LogP contribution in [0.25, 0.3) is 0 Å². The molecule has 1 aromatic heterocycles. The van der Waals surface area contributed by atoms with Crippen molar-refractivity contribution < 1.29 is 0 Å². The molecule has 24 heavy (non-hydrogen) atoms. The predicted molar refractivity (Wildman–Crippen MR) is 98.1 cm³/mol. The van der Waals surface area contributed by atoms with Crippen LogP contribution < -0.4 is 10.2 Å². The van der Waals surface area contributed by atoms with Gasteiger partial charge < -0.3 is 10.2 Å². The molecule has 0 amide bonds. The van der Waals surface area contributed by atoms with Crippen molar-refractivity contribution in [2.45, 2.75) is 12.8 Å². The summed E-state index contributed by atoms with van der Waals surface area (Å²) in [5.41, 5.74) is 2.24. The molecule has 0 atom stereocenters. The molecule has 1 aromatic carbocycles. The summed E-state index contributed by atoms with van der Waals surface area (Å²) in [4.78, 5) is 13.2. The number of aromatic nitrogens is 2. The Labute approximate surface area is 147 Å². The molecule has 126 valence electrons. The lowest BCUT2D eigenvalue weighted by molar-refractivity contribution is 0.248. The Morgan fingerprint density at radius 2 is 2.00 bits per heavy atom. The van der Waals surface area contributed by atoms with E-state index in [-0.39, 0.29) is 0 Å². The zero-order valence-corrected chi connectivity index (χ0v) is 14.4. The average Bonchev–Trinajstić information content (AvgIpc) is 3.42. The van der Waals surface area contributed by atoms with E-state index >= 15 is 0 Å². The van der Waals surface area contributed by atoms with E-state index in [4.69, 9.17) is 11.6 Å². The van der Waals surface area contributed by atoms with Crippen molar-refractivity contribution in [2.75, 3.05) is 42.9 Å². The van der Waals surface area contributed by atoms with Crippen molar-refractivity contribution in [3.8, 4) is 0 Å². The van der Waals surface area contributed by atoms with Crippen LogP contribution in [-0.4, -0.2) is 47.6 Å². The van der Waals surface area contributed by atoms with Crippen LogP contribution >= 0.6 is 11.6 Å². The normalized spacial score (nSPS) is 18.6. The van der Waals surface area contributed by atoms with Crippen molar-refractivity contribution in [2.24, 2.45) is 5.92 Å². The van der Waals surface area contributed by atoms with Gasteiger partial charge in [-0.1, -0.05) is 17.7 Å². The number of nitrogens with zero attached hydrogens (tertiary/aromatic N) is 4. The zero-order chi connectivity index (χ0) is 16.4. The monoisotopic (exact) mass is 343 g/mol. The summed E-state index contributed by atoms with van der Waals surface area (Å²) in [6, 6.07) is 8.44. The summed E-state index contributed by atoms with van der Waals surface area (Å²) in [6.45, 7) is 5.79. The number of hydrogen-bond acceptors (Lipinski definition) is 5. The summed E-state index contributed by atoms with van der Waals surface area (Å²) in [7, 11) is 0. The molecular formula is C18H22ClN5. The average molecular weight is 344 g/mol. The maximum absolute atomic E-state index is 6.12. The molecule has 1 aliphatic carbocycles. The number of hydrogen-bond donors (Lipinski definition) is 1. The lowest BCUT2D eigenvalue weighted by Gasteiger charge is -2.36. The molecule has 0 radical (unpaired) electrons. The van der Waals surface area contributed by atoms with Crippen LogP contribution in [0.1, 0.15) is 12.8 Å². The highest BCUT2D eigenvalue weighted by Crippen LogP contribution is 2.30. The van der Waals surface area contributed by atoms with Crippen LogP contribution in [-0.2, 0) is 0 Å². The first-order valence-electron chi connectivity index (χ1n) is 8.58. The molecule has 1 aliphatic heterocycles. The smallest absolute Gasteiger partial charge is 0.152 e. The van der Waals surface area contributed by atoms with Crippen LogP contribution in [0.3, 0.4) is 0 Å². The van der Waals surface area contributed by atoms with Gasteiger partial charge in [0.05, 0.1) is 6.20 Å². The fraction of sp³-hybridized carbons (Fsp3) is 0.444. The van der Waals surface area contributed by atoms with E-state index in [1.54, 1.807) is 6.20 Å². The second-order valence-electron chi connectivity index (χ2n) is 6.63. The molecule has 0 bridgehead atoms. The van der Waals surface area contributed by atoms with Crippen molar-refractivity contribution in [3.05, 3.63) is 41.8 Å². The van der Waals surface area contributed by atoms with Crippen LogP contribution in [0, 0.1) is 5.92 Å². The number of halogens is 1. The molecule has 2 heterocycles. The summed E-state index contributed by atoms with van der Waals surface area (Å²) in [6.07, 6.45) is 5.95. The molecule has 0 spiro atoms. The van der Waals surface area contributed by atoms with Gasteiger partial charge in [0.1, 0.15) is 11.3 Å². The van der Waals surface area contributed by atoms with Crippen LogP contribution in [0.15, 0.2) is 36.8 Å². The second kappa shape index (κ2) is 6.95. The van der Waals surface area contributed by atoms with Gasteiger partial charge >= 0.3 is 0 Å². The lowest BCUT2D eigenvalue weighted by Crippen LogP contribution is -2.47. The molecule has 6 heteroatoms. The molecule has 1 saturated heterocycles. The first kappa shape index (κ1) is 15.7. The fourth-order valence-electron chi connectivity index (χ4n) is 3.18. The van der Waals surface area contributed by atoms with Crippen LogP contribution in [0.4, 0.5) is 17.2 Å². The highest BCUT2D eigenvalue weighted by Gasteiger charge is 2.26. The van der Waals surface area contributed by atoms with E-state index in [1.807, 2.05) is 6.07 Å². The molecule has 4 rings (SSSR count). The molecule has 1 N–H and O–H groups in total. The second-order valence-corrected chi connectivity index (χ2v) is 7.03. The predicted octanol–water partition coefficient (Wildman–Crippen LogP) is 3.41. The van der Waals surface area contributed by atoms with Gasteiger partial charge in [-0.15, -0.1) is 0 Å². The summed E-state index contributed by atoms with van der Waals surface area (Å²) in [5.74, 6) is 1.61. The van der Waals surface area contributed by atoms with Gasteiger partial charge in [-0.2, -0.15) is 0 Å². The summed E-state index contributed by atoms with van der Waals surface area (Å²) in [5, 5.41) is 3.80. The third-order valence-electron chi connectivity index (χ3n) is 4.73. The lowest BCUT2D eigenvalue weighted by atomic mass is 10.2. The SMILES string of the molecule is Clc1cncnc1Nc1cccc(N2CCN(CC3CC3)CC2)c1. The Hall–Kier alpha value is -1.85. The van der Waals surface area contributed by atoms with E-state index in [9.17, 15) is 0 Å². The maximum atomic E-state index is 6.12. The molecule has 1 saturated carbocycles. The van der Waals surface area contributed by atoms with Gasteiger partial charge in [0, 0.05) is 44.1 Å². The van der Waals surface area contributed by atoms with E-state index in [0.29, 0.717) is 10.8 Å².